The fourth-order valence-electron chi connectivity index (χ4n) is 1.83. The van der Waals surface area contributed by atoms with Gasteiger partial charge in [0.25, 0.3) is 0 Å². The van der Waals surface area contributed by atoms with Gasteiger partial charge >= 0.3 is 6.61 Å². The Morgan fingerprint density at radius 2 is 2.12 bits per heavy atom. The average molecular weight is 242 g/mol. The van der Waals surface area contributed by atoms with Gasteiger partial charge in [0.15, 0.2) is 0 Å². The smallest absolute Gasteiger partial charge is 0.387 e. The highest BCUT2D eigenvalue weighted by molar-refractivity contribution is 5.33. The first-order valence-corrected chi connectivity index (χ1v) is 5.60. The molecule has 0 atom stereocenters. The van der Waals surface area contributed by atoms with Crippen LogP contribution in [0.15, 0.2) is 24.3 Å². The standard InChI is InChI=1S/C12H16F2N2O/c1-16(10-6-15-7-10)8-9-4-2-3-5-11(9)17-12(13)14/h2-5,10,12,15H,6-8H2,1H3. The summed E-state index contributed by atoms with van der Waals surface area (Å²) in [5.74, 6) is 0.265. The minimum atomic E-state index is -2.77. The van der Waals surface area contributed by atoms with Crippen LogP contribution in [0.3, 0.4) is 0 Å². The van der Waals surface area contributed by atoms with Crippen LogP contribution in [0, 0.1) is 0 Å². The molecular weight excluding hydrogens is 226 g/mol. The monoisotopic (exact) mass is 242 g/mol. The third-order valence-electron chi connectivity index (χ3n) is 2.99. The van der Waals surface area contributed by atoms with Crippen LogP contribution in [-0.4, -0.2) is 37.7 Å². The SMILES string of the molecule is CN(Cc1ccccc1OC(F)F)C1CNC1. The van der Waals surface area contributed by atoms with E-state index >= 15 is 0 Å². The molecule has 2 rings (SSSR count). The number of hydrogen-bond acceptors (Lipinski definition) is 3. The van der Waals surface area contributed by atoms with Gasteiger partial charge in [-0.05, 0) is 13.1 Å². The summed E-state index contributed by atoms with van der Waals surface area (Å²) in [6.45, 7) is -0.246. The van der Waals surface area contributed by atoms with Crippen molar-refractivity contribution in [2.75, 3.05) is 20.1 Å². The molecule has 0 saturated carbocycles. The van der Waals surface area contributed by atoms with Gasteiger partial charge in [-0.3, -0.25) is 4.90 Å². The molecular formula is C12H16F2N2O. The maximum absolute atomic E-state index is 12.2. The van der Waals surface area contributed by atoms with Crippen LogP contribution in [0.4, 0.5) is 8.78 Å². The van der Waals surface area contributed by atoms with E-state index in [-0.39, 0.29) is 5.75 Å². The molecule has 0 radical (unpaired) electrons. The number of ether oxygens (including phenoxy) is 1. The number of likely N-dealkylation sites (N-methyl/N-ethyl adjacent to an activating group) is 1. The van der Waals surface area contributed by atoms with Gasteiger partial charge in [0.05, 0.1) is 0 Å². The van der Waals surface area contributed by atoms with Crippen molar-refractivity contribution in [3.63, 3.8) is 0 Å². The molecule has 0 aliphatic carbocycles. The Morgan fingerprint density at radius 3 is 2.71 bits per heavy atom. The molecule has 0 spiro atoms. The van der Waals surface area contributed by atoms with Crippen LogP contribution in [0.25, 0.3) is 0 Å². The van der Waals surface area contributed by atoms with Crippen LogP contribution in [-0.2, 0) is 6.54 Å². The summed E-state index contributed by atoms with van der Waals surface area (Å²) in [5, 5.41) is 3.18. The summed E-state index contributed by atoms with van der Waals surface area (Å²) < 4.78 is 29.0. The average Bonchev–Trinajstić information content (AvgIpc) is 2.17. The maximum Gasteiger partial charge on any atom is 0.387 e. The fourth-order valence-corrected chi connectivity index (χ4v) is 1.83. The van der Waals surface area contributed by atoms with Crippen molar-refractivity contribution in [3.05, 3.63) is 29.8 Å². The van der Waals surface area contributed by atoms with Crippen molar-refractivity contribution >= 4 is 0 Å². The molecule has 1 aromatic carbocycles. The summed E-state index contributed by atoms with van der Waals surface area (Å²) in [6.07, 6.45) is 0. The number of rotatable bonds is 5. The van der Waals surface area contributed by atoms with Crippen LogP contribution in [0.1, 0.15) is 5.56 Å². The molecule has 0 amide bonds. The van der Waals surface area contributed by atoms with Gasteiger partial charge < -0.3 is 10.1 Å². The molecule has 0 aromatic heterocycles. The van der Waals surface area contributed by atoms with Crippen molar-refractivity contribution < 1.29 is 13.5 Å². The zero-order valence-corrected chi connectivity index (χ0v) is 9.70. The van der Waals surface area contributed by atoms with E-state index < -0.39 is 6.61 Å². The maximum atomic E-state index is 12.2. The van der Waals surface area contributed by atoms with Crippen molar-refractivity contribution in [3.8, 4) is 5.75 Å². The van der Waals surface area contributed by atoms with Crippen LogP contribution < -0.4 is 10.1 Å². The first kappa shape index (κ1) is 12.3. The van der Waals surface area contributed by atoms with Gasteiger partial charge in [-0.15, -0.1) is 0 Å². The molecule has 1 N–H and O–H groups in total. The second kappa shape index (κ2) is 5.42. The molecule has 0 bridgehead atoms. The van der Waals surface area contributed by atoms with Gasteiger partial charge in [-0.2, -0.15) is 8.78 Å². The van der Waals surface area contributed by atoms with Crippen molar-refractivity contribution in [2.45, 2.75) is 19.2 Å². The van der Waals surface area contributed by atoms with Gasteiger partial charge in [0, 0.05) is 31.2 Å². The molecule has 17 heavy (non-hydrogen) atoms. The lowest BCUT2D eigenvalue weighted by atomic mass is 10.1. The molecule has 1 aromatic rings. The number of hydrogen-bond donors (Lipinski definition) is 1. The number of benzene rings is 1. The molecule has 3 nitrogen and oxygen atoms in total. The Hall–Kier alpha value is -1.20. The van der Waals surface area contributed by atoms with Crippen molar-refractivity contribution in [1.29, 1.82) is 0 Å². The number of alkyl halides is 2. The van der Waals surface area contributed by atoms with E-state index in [9.17, 15) is 8.78 Å². The predicted octanol–water partition coefficient (Wildman–Crippen LogP) is 1.69. The molecule has 1 heterocycles. The minimum absolute atomic E-state index is 0.265. The van der Waals surface area contributed by atoms with E-state index in [0.29, 0.717) is 12.6 Å². The Morgan fingerprint density at radius 1 is 1.41 bits per heavy atom. The molecule has 5 heteroatoms. The molecule has 1 fully saturated rings. The largest absolute Gasteiger partial charge is 0.434 e. The Balaban J connectivity index is 2.03. The van der Waals surface area contributed by atoms with Gasteiger partial charge in [-0.25, -0.2) is 0 Å². The summed E-state index contributed by atoms with van der Waals surface area (Å²) in [4.78, 5) is 2.14. The summed E-state index contributed by atoms with van der Waals surface area (Å²) in [6, 6.07) is 7.41. The van der Waals surface area contributed by atoms with Crippen molar-refractivity contribution in [1.82, 2.24) is 10.2 Å². The second-order valence-corrected chi connectivity index (χ2v) is 4.21. The molecule has 1 aliphatic rings. The number of nitrogens with zero attached hydrogens (tertiary/aromatic N) is 1. The first-order chi connectivity index (χ1) is 8.16. The quantitative estimate of drug-likeness (QED) is 0.850. The lowest BCUT2D eigenvalue weighted by Crippen LogP contribution is -2.55. The highest BCUT2D eigenvalue weighted by Crippen LogP contribution is 2.22. The van der Waals surface area contributed by atoms with Gasteiger partial charge in [0.1, 0.15) is 5.75 Å². The molecule has 94 valence electrons. The van der Waals surface area contributed by atoms with E-state index in [0.717, 1.165) is 18.7 Å². The van der Waals surface area contributed by atoms with E-state index in [1.807, 2.05) is 19.2 Å². The minimum Gasteiger partial charge on any atom is -0.434 e. The zero-order valence-electron chi connectivity index (χ0n) is 9.70. The summed E-state index contributed by atoms with van der Waals surface area (Å²) in [5.41, 5.74) is 0.794. The highest BCUT2D eigenvalue weighted by Gasteiger charge is 2.22. The molecule has 1 aliphatic heterocycles. The molecule has 1 saturated heterocycles. The fraction of sp³-hybridized carbons (Fsp3) is 0.500. The number of para-hydroxylation sites is 1. The Kier molecular flexibility index (Phi) is 3.91. The third-order valence-corrected chi connectivity index (χ3v) is 2.99. The number of halogens is 2. The predicted molar refractivity (Wildman–Crippen MR) is 61.2 cm³/mol. The lowest BCUT2D eigenvalue weighted by Gasteiger charge is -2.35. The van der Waals surface area contributed by atoms with Gasteiger partial charge in [-0.1, -0.05) is 18.2 Å². The summed E-state index contributed by atoms with van der Waals surface area (Å²) >= 11 is 0. The normalized spacial score (nSPS) is 16.3. The van der Waals surface area contributed by atoms with E-state index in [4.69, 9.17) is 0 Å². The summed E-state index contributed by atoms with van der Waals surface area (Å²) in [7, 11) is 1.99. The Bertz CT molecular complexity index is 369. The van der Waals surface area contributed by atoms with E-state index in [1.54, 1.807) is 12.1 Å². The zero-order chi connectivity index (χ0) is 12.3. The second-order valence-electron chi connectivity index (χ2n) is 4.21. The molecule has 0 unspecified atom stereocenters. The highest BCUT2D eigenvalue weighted by atomic mass is 19.3. The van der Waals surface area contributed by atoms with Crippen LogP contribution >= 0.6 is 0 Å². The van der Waals surface area contributed by atoms with E-state index in [2.05, 4.69) is 15.0 Å². The third kappa shape index (κ3) is 3.14. The topological polar surface area (TPSA) is 24.5 Å². The lowest BCUT2D eigenvalue weighted by molar-refractivity contribution is -0.0508. The van der Waals surface area contributed by atoms with Crippen LogP contribution in [0.5, 0.6) is 5.75 Å². The number of nitrogens with one attached hydrogen (secondary N) is 1. The Labute approximate surface area is 99.4 Å². The van der Waals surface area contributed by atoms with E-state index in [1.165, 1.54) is 0 Å². The first-order valence-electron chi connectivity index (χ1n) is 5.60. The van der Waals surface area contributed by atoms with Gasteiger partial charge in [0.2, 0.25) is 0 Å². The van der Waals surface area contributed by atoms with Crippen LogP contribution in [0.2, 0.25) is 0 Å². The van der Waals surface area contributed by atoms with Crippen molar-refractivity contribution in [2.24, 2.45) is 0 Å².